The number of unbranched alkanes of at least 4 members (excludes halogenated alkanes) is 2. The van der Waals surface area contributed by atoms with Crippen molar-refractivity contribution in [3.8, 4) is 0 Å². The first-order chi connectivity index (χ1) is 13.0. The lowest BCUT2D eigenvalue weighted by Gasteiger charge is -2.18. The summed E-state index contributed by atoms with van der Waals surface area (Å²) in [5.74, 6) is 0.555. The number of rotatable bonds is 11. The van der Waals surface area contributed by atoms with E-state index in [9.17, 15) is 15.0 Å². The van der Waals surface area contributed by atoms with Crippen LogP contribution in [-0.2, 0) is 11.2 Å². The summed E-state index contributed by atoms with van der Waals surface area (Å²) in [6.45, 7) is 2.09. The lowest BCUT2D eigenvalue weighted by atomic mass is 9.90. The van der Waals surface area contributed by atoms with Gasteiger partial charge in [0, 0.05) is 20.6 Å². The zero-order valence-electron chi connectivity index (χ0n) is 16.0. The quantitative estimate of drug-likeness (QED) is 0.268. The summed E-state index contributed by atoms with van der Waals surface area (Å²) in [6, 6.07) is 2.14. The third-order valence-corrected chi connectivity index (χ3v) is 7.48. The molecule has 0 spiro atoms. The molecule has 1 fully saturated rings. The molecule has 0 saturated heterocycles. The standard InChI is InChI=1S/C22H31BrO3S/c1-16-21(23)15-19(27-16)12-11-18(25)10-8-17-9-13-22(26)20(17)7-5-3-2-4-6-14-24/h3,5,8,10,14-15,17-18,20,22,25-26H,2,4,6-7,9,11-13H2,1H3/b5-3-,10-8+/t17-,18+,20+,22?/m0/s1. The second kappa shape index (κ2) is 11.9. The maximum atomic E-state index is 10.3. The van der Waals surface area contributed by atoms with Crippen molar-refractivity contribution in [3.05, 3.63) is 44.6 Å². The van der Waals surface area contributed by atoms with E-state index < -0.39 is 6.10 Å². The molecule has 2 N–H and O–H groups in total. The van der Waals surface area contributed by atoms with Gasteiger partial charge in [0.15, 0.2) is 0 Å². The van der Waals surface area contributed by atoms with Gasteiger partial charge in [-0.25, -0.2) is 0 Å². The van der Waals surface area contributed by atoms with E-state index in [-0.39, 0.29) is 12.0 Å². The Morgan fingerprint density at radius 3 is 2.85 bits per heavy atom. The van der Waals surface area contributed by atoms with Crippen LogP contribution in [0.2, 0.25) is 0 Å². The van der Waals surface area contributed by atoms with Gasteiger partial charge in [-0.1, -0.05) is 24.3 Å². The van der Waals surface area contributed by atoms with Gasteiger partial charge in [-0.2, -0.15) is 0 Å². The molecule has 1 aliphatic carbocycles. The Bertz CT molecular complexity index is 618. The molecule has 0 radical (unpaired) electrons. The molecule has 3 nitrogen and oxygen atoms in total. The molecule has 1 unspecified atom stereocenters. The fourth-order valence-electron chi connectivity index (χ4n) is 3.64. The summed E-state index contributed by atoms with van der Waals surface area (Å²) in [5, 5.41) is 20.6. The Labute approximate surface area is 175 Å². The first kappa shape index (κ1) is 22.5. The van der Waals surface area contributed by atoms with Crippen molar-refractivity contribution in [2.45, 2.75) is 70.5 Å². The first-order valence-electron chi connectivity index (χ1n) is 9.89. The summed E-state index contributed by atoms with van der Waals surface area (Å²) in [5.41, 5.74) is 0. The molecule has 0 aliphatic heterocycles. The van der Waals surface area contributed by atoms with Gasteiger partial charge in [0.25, 0.3) is 0 Å². The molecule has 5 heteroatoms. The van der Waals surface area contributed by atoms with Crippen molar-refractivity contribution >= 4 is 33.6 Å². The summed E-state index contributed by atoms with van der Waals surface area (Å²) >= 11 is 5.31. The van der Waals surface area contributed by atoms with Crippen molar-refractivity contribution in [1.29, 1.82) is 0 Å². The van der Waals surface area contributed by atoms with Crippen LogP contribution in [0.15, 0.2) is 34.8 Å². The van der Waals surface area contributed by atoms with E-state index in [0.29, 0.717) is 12.3 Å². The third kappa shape index (κ3) is 7.65. The summed E-state index contributed by atoms with van der Waals surface area (Å²) < 4.78 is 1.15. The van der Waals surface area contributed by atoms with E-state index in [4.69, 9.17) is 0 Å². The predicted molar refractivity (Wildman–Crippen MR) is 116 cm³/mol. The van der Waals surface area contributed by atoms with Crippen LogP contribution < -0.4 is 0 Å². The highest BCUT2D eigenvalue weighted by Gasteiger charge is 2.32. The Balaban J connectivity index is 1.77. The highest BCUT2D eigenvalue weighted by Crippen LogP contribution is 2.36. The molecule has 1 aliphatic rings. The minimum atomic E-state index is -0.441. The highest BCUT2D eigenvalue weighted by atomic mass is 79.9. The second-order valence-corrected chi connectivity index (χ2v) is 9.58. The van der Waals surface area contributed by atoms with Crippen molar-refractivity contribution in [1.82, 2.24) is 0 Å². The van der Waals surface area contributed by atoms with Crippen molar-refractivity contribution in [2.24, 2.45) is 11.8 Å². The number of carbonyl (C=O) groups excluding carboxylic acids is 1. The number of carbonyl (C=O) groups is 1. The van der Waals surface area contributed by atoms with Crippen LogP contribution in [0.4, 0.5) is 0 Å². The van der Waals surface area contributed by atoms with Gasteiger partial charge in [0.2, 0.25) is 0 Å². The summed E-state index contributed by atoms with van der Waals surface area (Å²) in [6.07, 6.45) is 15.2. The molecule has 0 bridgehead atoms. The first-order valence-corrected chi connectivity index (χ1v) is 11.5. The van der Waals surface area contributed by atoms with E-state index in [0.717, 1.165) is 55.7 Å². The summed E-state index contributed by atoms with van der Waals surface area (Å²) in [7, 11) is 0. The molecule has 1 aromatic heterocycles. The van der Waals surface area contributed by atoms with E-state index >= 15 is 0 Å². The molecular formula is C22H31BrO3S. The van der Waals surface area contributed by atoms with Gasteiger partial charge < -0.3 is 15.0 Å². The average molecular weight is 455 g/mol. The Hall–Kier alpha value is -0.750. The van der Waals surface area contributed by atoms with E-state index in [1.165, 1.54) is 9.75 Å². The van der Waals surface area contributed by atoms with Crippen LogP contribution in [-0.4, -0.2) is 28.7 Å². The molecule has 1 aromatic rings. The summed E-state index contributed by atoms with van der Waals surface area (Å²) in [4.78, 5) is 12.9. The lowest BCUT2D eigenvalue weighted by molar-refractivity contribution is -0.107. The molecule has 0 amide bonds. The third-order valence-electron chi connectivity index (χ3n) is 5.28. The van der Waals surface area contributed by atoms with Gasteiger partial charge in [-0.3, -0.25) is 0 Å². The Morgan fingerprint density at radius 2 is 2.15 bits per heavy atom. The normalized spacial score (nSPS) is 24.2. The average Bonchev–Trinajstić information content (AvgIpc) is 3.16. The van der Waals surface area contributed by atoms with Crippen molar-refractivity contribution in [2.75, 3.05) is 0 Å². The number of halogens is 1. The molecule has 2 rings (SSSR count). The number of aldehydes is 1. The molecule has 27 heavy (non-hydrogen) atoms. The highest BCUT2D eigenvalue weighted by molar-refractivity contribution is 9.10. The van der Waals surface area contributed by atoms with Gasteiger partial charge in [0.1, 0.15) is 6.29 Å². The maximum Gasteiger partial charge on any atom is 0.120 e. The minimum Gasteiger partial charge on any atom is -0.393 e. The van der Waals surface area contributed by atoms with Crippen molar-refractivity contribution in [3.63, 3.8) is 0 Å². The Kier molecular flexibility index (Phi) is 9.98. The largest absolute Gasteiger partial charge is 0.393 e. The van der Waals surface area contributed by atoms with E-state index in [1.54, 1.807) is 11.3 Å². The van der Waals surface area contributed by atoms with Gasteiger partial charge in [-0.05, 0) is 85.7 Å². The molecule has 0 aromatic carbocycles. The maximum absolute atomic E-state index is 10.3. The lowest BCUT2D eigenvalue weighted by Crippen LogP contribution is -2.17. The van der Waals surface area contributed by atoms with Crippen LogP contribution in [0.1, 0.15) is 54.7 Å². The van der Waals surface area contributed by atoms with Gasteiger partial charge >= 0.3 is 0 Å². The van der Waals surface area contributed by atoms with Crippen LogP contribution in [0.3, 0.4) is 0 Å². The van der Waals surface area contributed by atoms with E-state index in [2.05, 4.69) is 47.1 Å². The van der Waals surface area contributed by atoms with E-state index in [1.807, 2.05) is 6.08 Å². The fourth-order valence-corrected chi connectivity index (χ4v) is 5.25. The topological polar surface area (TPSA) is 57.5 Å². The molecule has 1 saturated carbocycles. The molecule has 150 valence electrons. The number of aliphatic hydroxyl groups is 2. The van der Waals surface area contributed by atoms with Gasteiger partial charge in [0.05, 0.1) is 12.2 Å². The zero-order chi connectivity index (χ0) is 19.6. The van der Waals surface area contributed by atoms with Crippen LogP contribution in [0, 0.1) is 18.8 Å². The number of allylic oxidation sites excluding steroid dienone is 3. The van der Waals surface area contributed by atoms with Crippen LogP contribution in [0.25, 0.3) is 0 Å². The van der Waals surface area contributed by atoms with Crippen LogP contribution in [0.5, 0.6) is 0 Å². The fraction of sp³-hybridized carbons (Fsp3) is 0.591. The van der Waals surface area contributed by atoms with Gasteiger partial charge in [-0.15, -0.1) is 11.3 Å². The smallest absolute Gasteiger partial charge is 0.120 e. The minimum absolute atomic E-state index is 0.228. The Morgan fingerprint density at radius 1 is 1.33 bits per heavy atom. The van der Waals surface area contributed by atoms with Crippen LogP contribution >= 0.6 is 27.3 Å². The zero-order valence-corrected chi connectivity index (χ0v) is 18.4. The molecule has 1 heterocycles. The predicted octanol–water partition coefficient (Wildman–Crippen LogP) is 5.37. The second-order valence-electron chi connectivity index (χ2n) is 7.38. The number of hydrogen-bond acceptors (Lipinski definition) is 4. The number of hydrogen-bond donors (Lipinski definition) is 2. The number of aliphatic hydroxyl groups excluding tert-OH is 2. The van der Waals surface area contributed by atoms with Crippen molar-refractivity contribution < 1.29 is 15.0 Å². The molecule has 4 atom stereocenters. The number of aryl methyl sites for hydroxylation is 2. The number of thiophene rings is 1. The monoisotopic (exact) mass is 454 g/mol. The SMILES string of the molecule is Cc1sc(CC[C@H](O)/C=C/[C@H]2CCC(O)[C@@H]2C/C=C\CCCC=O)cc1Br. The molecular weight excluding hydrogens is 424 g/mol.